The smallest absolute Gasteiger partial charge is 0.222 e. The van der Waals surface area contributed by atoms with Crippen LogP contribution in [0.25, 0.3) is 0 Å². The average molecular weight is 407 g/mol. The van der Waals surface area contributed by atoms with Gasteiger partial charge in [-0.2, -0.15) is 0 Å². The molecule has 6 heteroatoms. The van der Waals surface area contributed by atoms with E-state index in [0.29, 0.717) is 16.6 Å². The largest absolute Gasteiger partial charge is 0.355 e. The van der Waals surface area contributed by atoms with E-state index < -0.39 is 6.04 Å². The normalized spacial score (nSPS) is 12.3. The Balaban J connectivity index is 2.02. The number of hydrogen-bond acceptors (Lipinski definition) is 2. The van der Waals surface area contributed by atoms with Gasteiger partial charge in [-0.1, -0.05) is 61.3 Å². The number of halogens is 2. The van der Waals surface area contributed by atoms with Gasteiger partial charge in [-0.05, 0) is 35.4 Å². The molecule has 0 aliphatic heterocycles. The summed E-state index contributed by atoms with van der Waals surface area (Å²) in [6, 6.07) is 14.3. The van der Waals surface area contributed by atoms with Gasteiger partial charge in [0.1, 0.15) is 0 Å². The summed E-state index contributed by atoms with van der Waals surface area (Å²) >= 11 is 12.0. The first-order valence-electron chi connectivity index (χ1n) is 8.73. The molecular formula is C21H24Cl2N2O2. The van der Waals surface area contributed by atoms with Gasteiger partial charge in [0.05, 0.1) is 12.5 Å². The molecule has 144 valence electrons. The van der Waals surface area contributed by atoms with E-state index in [1.54, 1.807) is 12.1 Å². The van der Waals surface area contributed by atoms with Crippen LogP contribution in [0.4, 0.5) is 0 Å². The molecular weight excluding hydrogens is 383 g/mol. The lowest BCUT2D eigenvalue weighted by Gasteiger charge is -2.26. The molecule has 0 aromatic heterocycles. The second-order valence-electron chi connectivity index (χ2n) is 7.18. The third kappa shape index (κ3) is 6.56. The first-order valence-corrected chi connectivity index (χ1v) is 9.48. The molecule has 4 nitrogen and oxygen atoms in total. The third-order valence-electron chi connectivity index (χ3n) is 4.37. The van der Waals surface area contributed by atoms with E-state index >= 15 is 0 Å². The van der Waals surface area contributed by atoms with E-state index in [0.717, 1.165) is 11.1 Å². The highest BCUT2D eigenvalue weighted by Crippen LogP contribution is 2.25. The van der Waals surface area contributed by atoms with Crippen LogP contribution >= 0.6 is 23.2 Å². The van der Waals surface area contributed by atoms with Gasteiger partial charge in [-0.15, -0.1) is 0 Å². The van der Waals surface area contributed by atoms with E-state index in [9.17, 15) is 9.59 Å². The molecule has 0 bridgehead atoms. The van der Waals surface area contributed by atoms with E-state index in [1.165, 1.54) is 6.92 Å². The minimum absolute atomic E-state index is 0.140. The predicted octanol–water partition coefficient (Wildman–Crippen LogP) is 4.65. The summed E-state index contributed by atoms with van der Waals surface area (Å²) in [4.78, 5) is 24.0. The Morgan fingerprint density at radius 3 is 2.30 bits per heavy atom. The minimum atomic E-state index is -0.408. The maximum atomic E-state index is 12.5. The van der Waals surface area contributed by atoms with Gasteiger partial charge in [-0.3, -0.25) is 9.59 Å². The van der Waals surface area contributed by atoms with Crippen LogP contribution in [0.15, 0.2) is 48.5 Å². The van der Waals surface area contributed by atoms with Crippen LogP contribution in [-0.2, 0) is 15.0 Å². The first kappa shape index (κ1) is 21.3. The zero-order valence-corrected chi connectivity index (χ0v) is 17.2. The molecule has 2 aromatic rings. The zero-order valence-electron chi connectivity index (χ0n) is 15.7. The Morgan fingerprint density at radius 1 is 1.04 bits per heavy atom. The highest BCUT2D eigenvalue weighted by molar-refractivity contribution is 6.30. The molecule has 0 saturated heterocycles. The maximum Gasteiger partial charge on any atom is 0.222 e. The topological polar surface area (TPSA) is 58.2 Å². The monoisotopic (exact) mass is 406 g/mol. The standard InChI is InChI=1S/C21H24Cl2N2O2/c1-14(26)25-19(15-7-9-17(22)10-8-15)12-20(27)24-13-21(2,3)16-5-4-6-18(23)11-16/h4-11,19H,12-13H2,1-3H3,(H,24,27)(H,25,26). The van der Waals surface area contributed by atoms with E-state index in [1.807, 2.05) is 50.2 Å². The molecule has 0 aliphatic rings. The number of carbonyl (C=O) groups is 2. The Labute approximate surface area is 170 Å². The Kier molecular flexibility index (Phi) is 7.28. The fourth-order valence-electron chi connectivity index (χ4n) is 2.78. The highest BCUT2D eigenvalue weighted by atomic mass is 35.5. The molecule has 0 spiro atoms. The Hall–Kier alpha value is -2.04. The molecule has 0 radical (unpaired) electrons. The van der Waals surface area contributed by atoms with E-state index in [-0.39, 0.29) is 23.7 Å². The van der Waals surface area contributed by atoms with Crippen LogP contribution < -0.4 is 10.6 Å². The Morgan fingerprint density at radius 2 is 1.70 bits per heavy atom. The van der Waals surface area contributed by atoms with Crippen LogP contribution in [0.2, 0.25) is 10.0 Å². The lowest BCUT2D eigenvalue weighted by atomic mass is 9.84. The van der Waals surface area contributed by atoms with Crippen molar-refractivity contribution in [1.82, 2.24) is 10.6 Å². The van der Waals surface area contributed by atoms with Crippen molar-refractivity contribution in [2.24, 2.45) is 0 Å². The summed E-state index contributed by atoms with van der Waals surface area (Å²) in [5.74, 6) is -0.333. The number of carbonyl (C=O) groups excluding carboxylic acids is 2. The molecule has 2 rings (SSSR count). The van der Waals surface area contributed by atoms with Crippen molar-refractivity contribution in [1.29, 1.82) is 0 Å². The van der Waals surface area contributed by atoms with Gasteiger partial charge in [-0.25, -0.2) is 0 Å². The van der Waals surface area contributed by atoms with Gasteiger partial charge >= 0.3 is 0 Å². The summed E-state index contributed by atoms with van der Waals surface area (Å²) < 4.78 is 0. The SMILES string of the molecule is CC(=O)NC(CC(=O)NCC(C)(C)c1cccc(Cl)c1)c1ccc(Cl)cc1. The molecule has 0 heterocycles. The number of nitrogens with one attached hydrogen (secondary N) is 2. The quantitative estimate of drug-likeness (QED) is 0.702. The number of hydrogen-bond donors (Lipinski definition) is 2. The van der Waals surface area contributed by atoms with Gasteiger partial charge < -0.3 is 10.6 Å². The van der Waals surface area contributed by atoms with Gasteiger partial charge in [0.2, 0.25) is 11.8 Å². The fourth-order valence-corrected chi connectivity index (χ4v) is 3.10. The fraction of sp³-hybridized carbons (Fsp3) is 0.333. The minimum Gasteiger partial charge on any atom is -0.355 e. The van der Waals surface area contributed by atoms with Crippen molar-refractivity contribution in [3.05, 3.63) is 69.7 Å². The molecule has 0 saturated carbocycles. The van der Waals surface area contributed by atoms with Crippen molar-refractivity contribution in [2.75, 3.05) is 6.54 Å². The van der Waals surface area contributed by atoms with Crippen LogP contribution in [-0.4, -0.2) is 18.4 Å². The van der Waals surface area contributed by atoms with Gasteiger partial charge in [0.15, 0.2) is 0 Å². The number of benzene rings is 2. The van der Waals surface area contributed by atoms with Crippen LogP contribution in [0.3, 0.4) is 0 Å². The second kappa shape index (κ2) is 9.25. The second-order valence-corrected chi connectivity index (χ2v) is 8.05. The van der Waals surface area contributed by atoms with E-state index in [4.69, 9.17) is 23.2 Å². The third-order valence-corrected chi connectivity index (χ3v) is 4.86. The summed E-state index contributed by atoms with van der Waals surface area (Å²) in [6.45, 7) is 5.98. The van der Waals surface area contributed by atoms with Crippen LogP contribution in [0, 0.1) is 0 Å². The highest BCUT2D eigenvalue weighted by Gasteiger charge is 2.23. The summed E-state index contributed by atoms with van der Waals surface area (Å²) in [7, 11) is 0. The maximum absolute atomic E-state index is 12.5. The van der Waals surface area contributed by atoms with Crippen molar-refractivity contribution in [2.45, 2.75) is 38.6 Å². The van der Waals surface area contributed by atoms with Crippen molar-refractivity contribution < 1.29 is 9.59 Å². The molecule has 1 atom stereocenters. The molecule has 2 amide bonds. The van der Waals surface area contributed by atoms with Crippen LogP contribution in [0.5, 0.6) is 0 Å². The van der Waals surface area contributed by atoms with Crippen molar-refractivity contribution >= 4 is 35.0 Å². The molecule has 27 heavy (non-hydrogen) atoms. The summed E-state index contributed by atoms with van der Waals surface area (Å²) in [5.41, 5.74) is 1.61. The van der Waals surface area contributed by atoms with Crippen molar-refractivity contribution in [3.63, 3.8) is 0 Å². The number of amides is 2. The molecule has 0 fully saturated rings. The summed E-state index contributed by atoms with van der Waals surface area (Å²) in [5, 5.41) is 7.06. The number of rotatable bonds is 7. The first-order chi connectivity index (χ1) is 12.7. The zero-order chi connectivity index (χ0) is 20.0. The molecule has 0 aliphatic carbocycles. The lowest BCUT2D eigenvalue weighted by molar-refractivity contribution is -0.123. The van der Waals surface area contributed by atoms with Gasteiger partial charge in [0, 0.05) is 28.9 Å². The summed E-state index contributed by atoms with van der Waals surface area (Å²) in [6.07, 6.45) is 0.146. The van der Waals surface area contributed by atoms with Crippen LogP contribution in [0.1, 0.15) is 44.4 Å². The van der Waals surface area contributed by atoms with Gasteiger partial charge in [0.25, 0.3) is 0 Å². The lowest BCUT2D eigenvalue weighted by Crippen LogP contribution is -2.39. The Bertz CT molecular complexity index is 804. The average Bonchev–Trinajstić information content (AvgIpc) is 2.60. The molecule has 2 aromatic carbocycles. The van der Waals surface area contributed by atoms with Crippen molar-refractivity contribution in [3.8, 4) is 0 Å². The molecule has 1 unspecified atom stereocenters. The van der Waals surface area contributed by atoms with E-state index in [2.05, 4.69) is 10.6 Å². The predicted molar refractivity (Wildman–Crippen MR) is 110 cm³/mol. The molecule has 2 N–H and O–H groups in total.